The molecule has 0 saturated carbocycles. The molecule has 4 heteroatoms. The molecule has 0 unspecified atom stereocenters. The van der Waals surface area contributed by atoms with Crippen LogP contribution in [0.15, 0.2) is 42.5 Å². The first-order valence-electron chi connectivity index (χ1n) is 6.22. The van der Waals surface area contributed by atoms with Gasteiger partial charge in [-0.3, -0.25) is 4.79 Å². The van der Waals surface area contributed by atoms with E-state index in [2.05, 4.69) is 5.32 Å². The van der Waals surface area contributed by atoms with E-state index in [-0.39, 0.29) is 25.5 Å². The molecule has 0 aliphatic rings. The van der Waals surface area contributed by atoms with Gasteiger partial charge in [0.2, 0.25) is 5.91 Å². The molecule has 19 heavy (non-hydrogen) atoms. The Morgan fingerprint density at radius 3 is 2.47 bits per heavy atom. The number of hydrogen-bond donors (Lipinski definition) is 3. The molecular formula is C15H17NO3. The summed E-state index contributed by atoms with van der Waals surface area (Å²) in [7, 11) is 0. The molecule has 0 aliphatic carbocycles. The van der Waals surface area contributed by atoms with Crippen molar-refractivity contribution in [3.8, 4) is 0 Å². The Kier molecular flexibility index (Phi) is 4.49. The van der Waals surface area contributed by atoms with E-state index in [1.165, 1.54) is 0 Å². The summed E-state index contributed by atoms with van der Waals surface area (Å²) >= 11 is 0. The molecule has 0 heterocycles. The number of rotatable bonds is 5. The van der Waals surface area contributed by atoms with Gasteiger partial charge in [0.25, 0.3) is 0 Å². The lowest BCUT2D eigenvalue weighted by Gasteiger charge is -2.13. The number of aliphatic hydroxyl groups is 2. The zero-order valence-electron chi connectivity index (χ0n) is 10.5. The van der Waals surface area contributed by atoms with Gasteiger partial charge in [-0.15, -0.1) is 0 Å². The van der Waals surface area contributed by atoms with Gasteiger partial charge in [0, 0.05) is 0 Å². The molecule has 0 atom stereocenters. The molecule has 1 amide bonds. The quantitative estimate of drug-likeness (QED) is 0.745. The third kappa shape index (κ3) is 3.30. The smallest absolute Gasteiger partial charge is 0.224 e. The molecule has 2 aromatic carbocycles. The summed E-state index contributed by atoms with van der Waals surface area (Å²) in [6, 6.07) is 13.1. The fraction of sp³-hybridized carbons (Fsp3) is 0.267. The first-order valence-corrected chi connectivity index (χ1v) is 6.22. The minimum atomic E-state index is -0.595. The predicted octanol–water partition coefficient (Wildman–Crippen LogP) is 0.852. The van der Waals surface area contributed by atoms with E-state index in [4.69, 9.17) is 10.2 Å². The minimum absolute atomic E-state index is 0.204. The number of carbonyl (C=O) groups excluding carboxylic acids is 1. The Labute approximate surface area is 111 Å². The van der Waals surface area contributed by atoms with Gasteiger partial charge in [-0.05, 0) is 16.3 Å². The van der Waals surface area contributed by atoms with Crippen molar-refractivity contribution in [2.75, 3.05) is 13.2 Å². The molecule has 0 aliphatic heterocycles. The Hall–Kier alpha value is -1.91. The molecule has 3 N–H and O–H groups in total. The fourth-order valence-corrected chi connectivity index (χ4v) is 2.05. The van der Waals surface area contributed by atoms with Crippen LogP contribution in [0.2, 0.25) is 0 Å². The van der Waals surface area contributed by atoms with Crippen LogP contribution < -0.4 is 5.32 Å². The van der Waals surface area contributed by atoms with Crippen molar-refractivity contribution in [2.45, 2.75) is 12.5 Å². The predicted molar refractivity (Wildman–Crippen MR) is 73.8 cm³/mol. The highest BCUT2D eigenvalue weighted by Gasteiger charge is 2.11. The lowest BCUT2D eigenvalue weighted by Crippen LogP contribution is -2.40. The first kappa shape index (κ1) is 13.5. The summed E-state index contributed by atoms with van der Waals surface area (Å²) in [6.07, 6.45) is 0.234. The first-order chi connectivity index (χ1) is 9.24. The number of amides is 1. The van der Waals surface area contributed by atoms with Gasteiger partial charge in [-0.1, -0.05) is 42.5 Å². The highest BCUT2D eigenvalue weighted by atomic mass is 16.3. The Morgan fingerprint density at radius 1 is 1.05 bits per heavy atom. The van der Waals surface area contributed by atoms with Gasteiger partial charge in [-0.2, -0.15) is 0 Å². The number of benzene rings is 2. The summed E-state index contributed by atoms with van der Waals surface area (Å²) < 4.78 is 0. The highest BCUT2D eigenvalue weighted by Crippen LogP contribution is 2.18. The largest absolute Gasteiger partial charge is 0.394 e. The second-order valence-corrected chi connectivity index (χ2v) is 4.44. The lowest BCUT2D eigenvalue weighted by atomic mass is 10.0. The number of hydrogen-bond acceptors (Lipinski definition) is 3. The fourth-order valence-electron chi connectivity index (χ4n) is 2.05. The normalized spacial score (nSPS) is 10.9. The lowest BCUT2D eigenvalue weighted by molar-refractivity contribution is -0.121. The average molecular weight is 259 g/mol. The molecule has 0 radical (unpaired) electrons. The number of aliphatic hydroxyl groups excluding tert-OH is 2. The molecular weight excluding hydrogens is 242 g/mol. The van der Waals surface area contributed by atoms with Gasteiger partial charge < -0.3 is 15.5 Å². The SMILES string of the molecule is O=C(Cc1cccc2ccccc12)NC(CO)CO. The van der Waals surface area contributed by atoms with E-state index in [0.29, 0.717) is 0 Å². The maximum absolute atomic E-state index is 11.9. The van der Waals surface area contributed by atoms with E-state index in [0.717, 1.165) is 16.3 Å². The van der Waals surface area contributed by atoms with E-state index < -0.39 is 6.04 Å². The van der Waals surface area contributed by atoms with Crippen LogP contribution >= 0.6 is 0 Å². The van der Waals surface area contributed by atoms with Crippen molar-refractivity contribution in [3.05, 3.63) is 48.0 Å². The molecule has 0 saturated heterocycles. The van der Waals surface area contributed by atoms with Crippen LogP contribution in [0.25, 0.3) is 10.8 Å². The van der Waals surface area contributed by atoms with Crippen LogP contribution in [0.4, 0.5) is 0 Å². The van der Waals surface area contributed by atoms with Crippen LogP contribution in [-0.2, 0) is 11.2 Å². The summed E-state index contributed by atoms with van der Waals surface area (Å²) in [4.78, 5) is 11.9. The zero-order chi connectivity index (χ0) is 13.7. The van der Waals surface area contributed by atoms with Crippen LogP contribution in [0.5, 0.6) is 0 Å². The van der Waals surface area contributed by atoms with Crippen molar-refractivity contribution >= 4 is 16.7 Å². The van der Waals surface area contributed by atoms with Gasteiger partial charge in [0.1, 0.15) is 0 Å². The highest BCUT2D eigenvalue weighted by molar-refractivity contribution is 5.90. The Balaban J connectivity index is 2.15. The van der Waals surface area contributed by atoms with Gasteiger partial charge in [0.15, 0.2) is 0 Å². The third-order valence-electron chi connectivity index (χ3n) is 3.04. The number of fused-ring (bicyclic) bond motifs is 1. The van der Waals surface area contributed by atoms with Gasteiger partial charge in [0.05, 0.1) is 25.7 Å². The molecule has 2 aromatic rings. The van der Waals surface area contributed by atoms with Crippen molar-refractivity contribution in [1.82, 2.24) is 5.32 Å². The van der Waals surface area contributed by atoms with Crippen molar-refractivity contribution in [1.29, 1.82) is 0 Å². The molecule has 2 rings (SSSR count). The van der Waals surface area contributed by atoms with Crippen molar-refractivity contribution in [3.63, 3.8) is 0 Å². The summed E-state index contributed by atoms with van der Waals surface area (Å²) in [5.41, 5.74) is 0.935. The molecule has 0 fully saturated rings. The molecule has 0 spiro atoms. The molecule has 4 nitrogen and oxygen atoms in total. The summed E-state index contributed by atoms with van der Waals surface area (Å²) in [6.45, 7) is -0.532. The number of carbonyl (C=O) groups is 1. The summed E-state index contributed by atoms with van der Waals surface area (Å²) in [5.74, 6) is -0.204. The summed E-state index contributed by atoms with van der Waals surface area (Å²) in [5, 5.41) is 22.6. The Morgan fingerprint density at radius 2 is 1.74 bits per heavy atom. The van der Waals surface area contributed by atoms with Crippen LogP contribution in [0, 0.1) is 0 Å². The second kappa shape index (κ2) is 6.31. The van der Waals surface area contributed by atoms with E-state index >= 15 is 0 Å². The molecule has 0 aromatic heterocycles. The molecule has 100 valence electrons. The van der Waals surface area contributed by atoms with E-state index in [9.17, 15) is 4.79 Å². The van der Waals surface area contributed by atoms with Crippen LogP contribution in [0.1, 0.15) is 5.56 Å². The van der Waals surface area contributed by atoms with Crippen LogP contribution in [-0.4, -0.2) is 35.4 Å². The second-order valence-electron chi connectivity index (χ2n) is 4.44. The third-order valence-corrected chi connectivity index (χ3v) is 3.04. The van der Waals surface area contributed by atoms with Gasteiger partial charge >= 0.3 is 0 Å². The van der Waals surface area contributed by atoms with Crippen molar-refractivity contribution in [2.24, 2.45) is 0 Å². The van der Waals surface area contributed by atoms with E-state index in [1.807, 2.05) is 42.5 Å². The number of nitrogens with one attached hydrogen (secondary N) is 1. The van der Waals surface area contributed by atoms with Crippen molar-refractivity contribution < 1.29 is 15.0 Å². The zero-order valence-corrected chi connectivity index (χ0v) is 10.5. The van der Waals surface area contributed by atoms with Gasteiger partial charge in [-0.25, -0.2) is 0 Å². The average Bonchev–Trinajstić information content (AvgIpc) is 2.45. The topological polar surface area (TPSA) is 69.6 Å². The minimum Gasteiger partial charge on any atom is -0.394 e. The maximum Gasteiger partial charge on any atom is 0.224 e. The monoisotopic (exact) mass is 259 g/mol. The maximum atomic E-state index is 11.9. The Bertz CT molecular complexity index is 559. The van der Waals surface area contributed by atoms with E-state index in [1.54, 1.807) is 0 Å². The standard InChI is InChI=1S/C15H17NO3/c17-9-13(10-18)16-15(19)8-12-6-3-5-11-4-1-2-7-14(11)12/h1-7,13,17-18H,8-10H2,(H,16,19). The van der Waals surface area contributed by atoms with Crippen LogP contribution in [0.3, 0.4) is 0 Å². The molecule has 0 bridgehead atoms.